The van der Waals surface area contributed by atoms with Gasteiger partial charge in [0.25, 0.3) is 0 Å². The molecule has 3 rings (SSSR count). The molecule has 0 saturated heterocycles. The van der Waals surface area contributed by atoms with Crippen molar-refractivity contribution in [2.75, 3.05) is 27.2 Å². The molecule has 12 nitrogen and oxygen atoms in total. The number of aliphatic carboxylic acids is 3. The molecule has 3 aromatic heterocycles. The fraction of sp³-hybridized carbons (Fsp3) is 0.414. The summed E-state index contributed by atoms with van der Waals surface area (Å²) >= 11 is 0. The summed E-state index contributed by atoms with van der Waals surface area (Å²) in [5, 5.41) is 33.8. The molecule has 0 radical (unpaired) electrons. The first-order valence-corrected chi connectivity index (χ1v) is 13.0. The van der Waals surface area contributed by atoms with Gasteiger partial charge in [-0.3, -0.25) is 19.5 Å². The number of rotatable bonds is 13. The van der Waals surface area contributed by atoms with Gasteiger partial charge in [-0.1, -0.05) is 12.1 Å². The van der Waals surface area contributed by atoms with Crippen LogP contribution >= 0.6 is 0 Å². The molecule has 41 heavy (non-hydrogen) atoms. The number of carboxylic acids is 3. The zero-order valence-electron chi connectivity index (χ0n) is 24.1. The van der Waals surface area contributed by atoms with E-state index in [9.17, 15) is 14.4 Å². The van der Waals surface area contributed by atoms with Crippen molar-refractivity contribution >= 4 is 17.9 Å². The summed E-state index contributed by atoms with van der Waals surface area (Å²) in [6, 6.07) is 10.6. The average Bonchev–Trinajstić information content (AvgIpc) is 3.15. The summed E-state index contributed by atoms with van der Waals surface area (Å²) in [5.74, 6) is -3.99. The molecule has 0 fully saturated rings. The van der Waals surface area contributed by atoms with Crippen LogP contribution in [-0.4, -0.2) is 95.5 Å². The van der Waals surface area contributed by atoms with E-state index in [0.717, 1.165) is 32.0 Å². The van der Waals surface area contributed by atoms with Crippen LogP contribution in [0.1, 0.15) is 40.9 Å². The van der Waals surface area contributed by atoms with E-state index < -0.39 is 36.4 Å². The summed E-state index contributed by atoms with van der Waals surface area (Å²) < 4.78 is 2.28. The van der Waals surface area contributed by atoms with Crippen molar-refractivity contribution in [3.05, 3.63) is 77.0 Å². The first-order chi connectivity index (χ1) is 19.2. The summed E-state index contributed by atoms with van der Waals surface area (Å²) in [4.78, 5) is 44.1. The van der Waals surface area contributed by atoms with E-state index in [4.69, 9.17) is 20.4 Å². The lowest BCUT2D eigenvalue weighted by Gasteiger charge is -2.24. The summed E-state index contributed by atoms with van der Waals surface area (Å²) in [6.07, 6.45) is 3.37. The van der Waals surface area contributed by atoms with E-state index in [2.05, 4.69) is 77.4 Å². The smallest absolute Gasteiger partial charge is 0.336 e. The van der Waals surface area contributed by atoms with Gasteiger partial charge in [0.1, 0.15) is 5.82 Å². The summed E-state index contributed by atoms with van der Waals surface area (Å²) in [7, 11) is 4.25. The van der Waals surface area contributed by atoms with Gasteiger partial charge in [0.05, 0.1) is 12.8 Å². The van der Waals surface area contributed by atoms with Crippen molar-refractivity contribution in [3.8, 4) is 5.82 Å². The minimum absolute atomic E-state index is 0.897. The zero-order valence-corrected chi connectivity index (χ0v) is 24.1. The number of likely N-dealkylation sites (N-methyl/N-ethyl adjacent to an activating group) is 1. The fourth-order valence-corrected chi connectivity index (χ4v) is 4.29. The molecule has 0 saturated carbocycles. The van der Waals surface area contributed by atoms with Gasteiger partial charge in [0.2, 0.25) is 0 Å². The molecular formula is C29H39N5O7. The Morgan fingerprint density at radius 1 is 0.927 bits per heavy atom. The molecule has 0 aliphatic heterocycles. The summed E-state index contributed by atoms with van der Waals surface area (Å²) in [5.41, 5.74) is 3.54. The number of carboxylic acid groups (broad SMARTS) is 3. The van der Waals surface area contributed by atoms with Crippen molar-refractivity contribution in [2.45, 2.75) is 52.3 Å². The van der Waals surface area contributed by atoms with Crippen LogP contribution < -0.4 is 0 Å². The van der Waals surface area contributed by atoms with Crippen LogP contribution in [0.5, 0.6) is 0 Å². The van der Waals surface area contributed by atoms with Gasteiger partial charge in [-0.15, -0.1) is 0 Å². The van der Waals surface area contributed by atoms with Gasteiger partial charge < -0.3 is 29.9 Å². The van der Waals surface area contributed by atoms with E-state index in [0.29, 0.717) is 0 Å². The molecule has 0 unspecified atom stereocenters. The zero-order chi connectivity index (χ0) is 30.7. The molecule has 222 valence electrons. The van der Waals surface area contributed by atoms with Gasteiger partial charge in [0.15, 0.2) is 5.60 Å². The van der Waals surface area contributed by atoms with Crippen LogP contribution in [-0.2, 0) is 27.5 Å². The van der Waals surface area contributed by atoms with Crippen LogP contribution in [0.25, 0.3) is 5.82 Å². The molecule has 12 heteroatoms. The van der Waals surface area contributed by atoms with Crippen LogP contribution in [0.4, 0.5) is 0 Å². The SMILES string of the molecule is Cc1cccnc1-n1c(C)cc(CN(CCN(C)C)Cc2cccnc2)c1C.O=C(O)CC(O)(CC(=O)O)C(=O)O. The first kappa shape index (κ1) is 33.1. The minimum atomic E-state index is -2.74. The van der Waals surface area contributed by atoms with Crippen molar-refractivity contribution in [3.63, 3.8) is 0 Å². The number of carbonyl (C=O) groups is 3. The Bertz CT molecular complexity index is 1310. The van der Waals surface area contributed by atoms with E-state index >= 15 is 0 Å². The average molecular weight is 570 g/mol. The van der Waals surface area contributed by atoms with Crippen molar-refractivity contribution in [1.29, 1.82) is 0 Å². The molecule has 0 spiro atoms. The molecule has 4 N–H and O–H groups in total. The maximum absolute atomic E-state index is 10.3. The third-order valence-corrected chi connectivity index (χ3v) is 6.40. The van der Waals surface area contributed by atoms with Crippen LogP contribution in [0.3, 0.4) is 0 Å². The normalized spacial score (nSPS) is 11.3. The Labute approximate surface area is 239 Å². The van der Waals surface area contributed by atoms with E-state index in [1.54, 1.807) is 0 Å². The highest BCUT2D eigenvalue weighted by Crippen LogP contribution is 2.23. The maximum atomic E-state index is 10.3. The number of aliphatic hydroxyl groups is 1. The maximum Gasteiger partial charge on any atom is 0.336 e. The Morgan fingerprint density at radius 3 is 2.07 bits per heavy atom. The highest BCUT2D eigenvalue weighted by atomic mass is 16.4. The van der Waals surface area contributed by atoms with E-state index in [-0.39, 0.29) is 0 Å². The Morgan fingerprint density at radius 2 is 1.56 bits per heavy atom. The molecular weight excluding hydrogens is 530 g/mol. The van der Waals surface area contributed by atoms with Gasteiger partial charge in [-0.25, -0.2) is 9.78 Å². The van der Waals surface area contributed by atoms with E-state index in [1.165, 1.54) is 28.1 Å². The second kappa shape index (κ2) is 15.0. The van der Waals surface area contributed by atoms with Gasteiger partial charge >= 0.3 is 17.9 Å². The molecule has 3 heterocycles. The minimum Gasteiger partial charge on any atom is -0.481 e. The van der Waals surface area contributed by atoms with E-state index in [1.807, 2.05) is 30.7 Å². The lowest BCUT2D eigenvalue weighted by molar-refractivity contribution is -0.170. The monoisotopic (exact) mass is 569 g/mol. The number of nitrogens with zero attached hydrogens (tertiary/aromatic N) is 5. The number of aryl methyl sites for hydroxylation is 2. The van der Waals surface area contributed by atoms with Gasteiger partial charge in [0, 0.05) is 56.2 Å². The second-order valence-electron chi connectivity index (χ2n) is 10.2. The van der Waals surface area contributed by atoms with Crippen LogP contribution in [0.2, 0.25) is 0 Å². The van der Waals surface area contributed by atoms with Gasteiger partial charge in [-0.2, -0.15) is 0 Å². The number of hydrogen-bond donors (Lipinski definition) is 4. The topological polar surface area (TPSA) is 169 Å². The second-order valence-corrected chi connectivity index (χ2v) is 10.2. The Hall–Kier alpha value is -4.13. The summed E-state index contributed by atoms with van der Waals surface area (Å²) in [6.45, 7) is 10.3. The lowest BCUT2D eigenvalue weighted by atomic mass is 9.96. The molecule has 0 bridgehead atoms. The number of pyridine rings is 2. The first-order valence-electron chi connectivity index (χ1n) is 13.0. The third kappa shape index (κ3) is 10.1. The quantitative estimate of drug-likeness (QED) is 0.239. The van der Waals surface area contributed by atoms with Crippen molar-refractivity contribution < 1.29 is 34.8 Å². The predicted molar refractivity (Wildman–Crippen MR) is 152 cm³/mol. The highest BCUT2D eigenvalue weighted by Gasteiger charge is 2.40. The molecule has 0 aliphatic carbocycles. The number of aromatic nitrogens is 3. The fourth-order valence-electron chi connectivity index (χ4n) is 4.29. The van der Waals surface area contributed by atoms with Gasteiger partial charge in [-0.05, 0) is 69.8 Å². The standard InChI is InChI=1S/C23H31N5.C6H8O7/c1-18-8-6-11-25-23(18)28-19(2)14-22(20(28)3)17-27(13-12-26(4)5)16-21-9-7-10-24-15-21;7-3(8)1-6(13,5(11)12)2-4(9)10/h6-11,14-15H,12-13,16-17H2,1-5H3;13H,1-2H2,(H,7,8)(H,9,10)(H,11,12). The number of hydrogen-bond acceptors (Lipinski definition) is 8. The van der Waals surface area contributed by atoms with Crippen LogP contribution in [0.15, 0.2) is 48.9 Å². The molecule has 3 aromatic rings. The Balaban J connectivity index is 0.000000383. The molecule has 0 aliphatic rings. The van der Waals surface area contributed by atoms with Crippen molar-refractivity contribution in [2.24, 2.45) is 0 Å². The lowest BCUT2D eigenvalue weighted by Crippen LogP contribution is -2.42. The largest absolute Gasteiger partial charge is 0.481 e. The molecule has 0 aromatic carbocycles. The molecule has 0 atom stereocenters. The molecule has 0 amide bonds. The Kier molecular flexibility index (Phi) is 12.1. The van der Waals surface area contributed by atoms with Crippen molar-refractivity contribution in [1.82, 2.24) is 24.3 Å². The predicted octanol–water partition coefficient (Wildman–Crippen LogP) is 2.51. The highest BCUT2D eigenvalue weighted by molar-refractivity contribution is 5.88. The third-order valence-electron chi connectivity index (χ3n) is 6.40. The van der Waals surface area contributed by atoms with Crippen LogP contribution in [0, 0.1) is 20.8 Å².